The maximum atomic E-state index is 13.7. The zero-order valence-corrected chi connectivity index (χ0v) is 13.0. The number of ether oxygens (including phenoxy) is 2. The summed E-state index contributed by atoms with van der Waals surface area (Å²) in [7, 11) is 0. The lowest BCUT2D eigenvalue weighted by Crippen LogP contribution is -2.52. The van der Waals surface area contributed by atoms with E-state index in [1.165, 1.54) is 6.07 Å². The Morgan fingerprint density at radius 3 is 2.86 bits per heavy atom. The molecule has 1 aromatic carbocycles. The van der Waals surface area contributed by atoms with Gasteiger partial charge in [0.15, 0.2) is 0 Å². The fraction of sp³-hybridized carbons (Fsp3) is 0.588. The zero-order chi connectivity index (χ0) is 15.7. The Kier molecular flexibility index (Phi) is 4.19. The third kappa shape index (κ3) is 3.15. The summed E-state index contributed by atoms with van der Waals surface area (Å²) in [6.07, 6.45) is 0.550. The van der Waals surface area contributed by atoms with Gasteiger partial charge in [0.1, 0.15) is 11.9 Å². The highest BCUT2D eigenvalue weighted by atomic mass is 19.1. The average Bonchev–Trinajstić information content (AvgIpc) is 3.26. The Morgan fingerprint density at radius 1 is 1.36 bits per heavy atom. The fourth-order valence-corrected chi connectivity index (χ4v) is 3.02. The number of rotatable bonds is 4. The minimum Gasteiger partial charge on any atom is -0.371 e. The standard InChI is InChI=1S/C17H22FNO3/c1-17(2)15(21-7-8-22-17)10-19-16(20)13-9-12(13)11-5-3-4-6-14(11)18/h3-6,12-13,15H,7-10H2,1-2H3,(H,19,20)/t12-,13+,15?/m0/s1. The van der Waals surface area contributed by atoms with Gasteiger partial charge in [-0.15, -0.1) is 0 Å². The molecule has 0 radical (unpaired) electrons. The van der Waals surface area contributed by atoms with Crippen LogP contribution in [0, 0.1) is 11.7 Å². The van der Waals surface area contributed by atoms with Crippen LogP contribution in [0.5, 0.6) is 0 Å². The van der Waals surface area contributed by atoms with E-state index in [1.54, 1.807) is 18.2 Å². The van der Waals surface area contributed by atoms with Gasteiger partial charge in [0, 0.05) is 12.5 Å². The summed E-state index contributed by atoms with van der Waals surface area (Å²) >= 11 is 0. The first kappa shape index (κ1) is 15.4. The van der Waals surface area contributed by atoms with Crippen LogP contribution < -0.4 is 5.32 Å². The largest absolute Gasteiger partial charge is 0.371 e. The lowest BCUT2D eigenvalue weighted by atomic mass is 10.00. The summed E-state index contributed by atoms with van der Waals surface area (Å²) in [6, 6.07) is 6.67. The third-order valence-corrected chi connectivity index (χ3v) is 4.55. The number of nitrogens with one attached hydrogen (secondary N) is 1. The molecule has 22 heavy (non-hydrogen) atoms. The molecule has 1 aromatic rings. The van der Waals surface area contributed by atoms with E-state index in [1.807, 2.05) is 13.8 Å². The van der Waals surface area contributed by atoms with Crippen molar-refractivity contribution in [2.75, 3.05) is 19.8 Å². The second kappa shape index (κ2) is 5.97. The molecular weight excluding hydrogens is 285 g/mol. The van der Waals surface area contributed by atoms with Gasteiger partial charge >= 0.3 is 0 Å². The van der Waals surface area contributed by atoms with E-state index in [-0.39, 0.29) is 29.7 Å². The molecule has 1 unspecified atom stereocenters. The average molecular weight is 307 g/mol. The van der Waals surface area contributed by atoms with Gasteiger partial charge in [-0.05, 0) is 37.8 Å². The lowest BCUT2D eigenvalue weighted by molar-refractivity contribution is -0.184. The molecule has 0 aromatic heterocycles. The van der Waals surface area contributed by atoms with E-state index in [0.29, 0.717) is 31.7 Å². The Labute approximate surface area is 130 Å². The van der Waals surface area contributed by atoms with Gasteiger partial charge in [0.25, 0.3) is 0 Å². The lowest BCUT2D eigenvalue weighted by Gasteiger charge is -2.38. The van der Waals surface area contributed by atoms with E-state index < -0.39 is 5.60 Å². The Hall–Kier alpha value is -1.46. The molecule has 1 aliphatic heterocycles. The molecule has 2 fully saturated rings. The molecule has 120 valence electrons. The van der Waals surface area contributed by atoms with Gasteiger partial charge in [-0.25, -0.2) is 4.39 Å². The van der Waals surface area contributed by atoms with Gasteiger partial charge in [-0.1, -0.05) is 18.2 Å². The molecule has 5 heteroatoms. The van der Waals surface area contributed by atoms with Crippen LogP contribution in [0.3, 0.4) is 0 Å². The normalized spacial score (nSPS) is 29.9. The number of hydrogen-bond donors (Lipinski definition) is 1. The summed E-state index contributed by atoms with van der Waals surface area (Å²) in [5, 5.41) is 2.92. The molecule has 4 nitrogen and oxygen atoms in total. The van der Waals surface area contributed by atoms with Crippen molar-refractivity contribution >= 4 is 5.91 Å². The van der Waals surface area contributed by atoms with Crippen molar-refractivity contribution in [1.29, 1.82) is 0 Å². The van der Waals surface area contributed by atoms with Crippen LogP contribution in [0.4, 0.5) is 4.39 Å². The molecular formula is C17H22FNO3. The van der Waals surface area contributed by atoms with E-state index in [9.17, 15) is 9.18 Å². The molecule has 1 heterocycles. The number of amides is 1. The van der Waals surface area contributed by atoms with Crippen molar-refractivity contribution in [3.8, 4) is 0 Å². The molecule has 0 bridgehead atoms. The van der Waals surface area contributed by atoms with Crippen LogP contribution in [0.25, 0.3) is 0 Å². The first-order valence-corrected chi connectivity index (χ1v) is 7.77. The molecule has 3 atom stereocenters. The molecule has 1 saturated heterocycles. The molecule has 1 amide bonds. The minimum absolute atomic E-state index is 0.00210. The number of halogens is 1. The summed E-state index contributed by atoms with van der Waals surface area (Å²) < 4.78 is 25.1. The van der Waals surface area contributed by atoms with Gasteiger partial charge < -0.3 is 14.8 Å². The number of hydrogen-bond acceptors (Lipinski definition) is 3. The fourth-order valence-electron chi connectivity index (χ4n) is 3.02. The smallest absolute Gasteiger partial charge is 0.223 e. The third-order valence-electron chi connectivity index (χ3n) is 4.55. The van der Waals surface area contributed by atoms with Gasteiger partial charge in [0.05, 0.1) is 18.8 Å². The zero-order valence-electron chi connectivity index (χ0n) is 13.0. The van der Waals surface area contributed by atoms with Crippen LogP contribution >= 0.6 is 0 Å². The van der Waals surface area contributed by atoms with E-state index in [2.05, 4.69) is 5.32 Å². The van der Waals surface area contributed by atoms with Crippen molar-refractivity contribution in [2.24, 2.45) is 5.92 Å². The first-order chi connectivity index (χ1) is 10.5. The second-order valence-electron chi connectivity index (χ2n) is 6.53. The van der Waals surface area contributed by atoms with Crippen molar-refractivity contribution in [2.45, 2.75) is 37.9 Å². The summed E-state index contributed by atoms with van der Waals surface area (Å²) in [5.74, 6) is -0.395. The van der Waals surface area contributed by atoms with Crippen LogP contribution in [-0.4, -0.2) is 37.4 Å². The van der Waals surface area contributed by atoms with Crippen molar-refractivity contribution in [3.05, 3.63) is 35.6 Å². The second-order valence-corrected chi connectivity index (χ2v) is 6.53. The summed E-state index contributed by atoms with van der Waals surface area (Å²) in [6.45, 7) is 5.47. The van der Waals surface area contributed by atoms with Crippen LogP contribution in [-0.2, 0) is 14.3 Å². The highest BCUT2D eigenvalue weighted by molar-refractivity contribution is 5.82. The molecule has 1 N–H and O–H groups in total. The molecule has 3 rings (SSSR count). The molecule has 0 spiro atoms. The van der Waals surface area contributed by atoms with Gasteiger partial charge in [0.2, 0.25) is 5.91 Å². The highest BCUT2D eigenvalue weighted by Gasteiger charge is 2.45. The maximum absolute atomic E-state index is 13.7. The monoisotopic (exact) mass is 307 g/mol. The summed E-state index contributed by atoms with van der Waals surface area (Å²) in [5.41, 5.74) is 0.236. The van der Waals surface area contributed by atoms with Gasteiger partial charge in [-0.3, -0.25) is 4.79 Å². The molecule has 1 aliphatic carbocycles. The van der Waals surface area contributed by atoms with Crippen molar-refractivity contribution in [1.82, 2.24) is 5.32 Å². The van der Waals surface area contributed by atoms with Crippen LogP contribution in [0.15, 0.2) is 24.3 Å². The topological polar surface area (TPSA) is 47.6 Å². The van der Waals surface area contributed by atoms with E-state index >= 15 is 0 Å². The predicted octanol–water partition coefficient (Wildman–Crippen LogP) is 2.24. The summed E-state index contributed by atoms with van der Waals surface area (Å²) in [4.78, 5) is 12.2. The van der Waals surface area contributed by atoms with Crippen molar-refractivity contribution < 1.29 is 18.7 Å². The van der Waals surface area contributed by atoms with Gasteiger partial charge in [-0.2, -0.15) is 0 Å². The minimum atomic E-state index is -0.403. The highest BCUT2D eigenvalue weighted by Crippen LogP contribution is 2.48. The van der Waals surface area contributed by atoms with Crippen LogP contribution in [0.2, 0.25) is 0 Å². The Bertz CT molecular complexity index is 561. The predicted molar refractivity (Wildman–Crippen MR) is 80.0 cm³/mol. The quantitative estimate of drug-likeness (QED) is 0.928. The van der Waals surface area contributed by atoms with E-state index in [0.717, 1.165) is 0 Å². The first-order valence-electron chi connectivity index (χ1n) is 7.77. The maximum Gasteiger partial charge on any atom is 0.223 e. The molecule has 2 aliphatic rings. The number of carbonyl (C=O) groups excluding carboxylic acids is 1. The SMILES string of the molecule is CC1(C)OCCOC1CNC(=O)[C@@H]1C[C@H]1c1ccccc1F. The van der Waals surface area contributed by atoms with E-state index in [4.69, 9.17) is 9.47 Å². The van der Waals surface area contributed by atoms with Crippen LogP contribution in [0.1, 0.15) is 31.7 Å². The number of benzene rings is 1. The Morgan fingerprint density at radius 2 is 2.14 bits per heavy atom. The number of carbonyl (C=O) groups is 1. The van der Waals surface area contributed by atoms with Crippen molar-refractivity contribution in [3.63, 3.8) is 0 Å². The Balaban J connectivity index is 1.53. The molecule has 1 saturated carbocycles.